The third-order valence-corrected chi connectivity index (χ3v) is 4.40. The summed E-state index contributed by atoms with van der Waals surface area (Å²) in [6.45, 7) is 2.73. The lowest BCUT2D eigenvalue weighted by Crippen LogP contribution is -2.32. The summed E-state index contributed by atoms with van der Waals surface area (Å²) in [5.74, 6) is 0.495. The van der Waals surface area contributed by atoms with Crippen LogP contribution in [0.4, 0.5) is 5.69 Å². The molecule has 0 saturated heterocycles. The molecule has 0 radical (unpaired) electrons. The fourth-order valence-corrected chi connectivity index (χ4v) is 2.93. The zero-order chi connectivity index (χ0) is 18.5. The molecule has 0 unspecified atom stereocenters. The van der Waals surface area contributed by atoms with Crippen molar-refractivity contribution in [2.24, 2.45) is 0 Å². The van der Waals surface area contributed by atoms with E-state index in [4.69, 9.17) is 5.73 Å². The van der Waals surface area contributed by atoms with E-state index < -0.39 is 0 Å². The Kier molecular flexibility index (Phi) is 5.31. The zero-order valence-electron chi connectivity index (χ0n) is 14.7. The Hall–Kier alpha value is -3.15. The first-order chi connectivity index (χ1) is 12.6. The molecule has 3 rings (SSSR count). The summed E-state index contributed by atoms with van der Waals surface area (Å²) in [6, 6.07) is 14.7. The molecule has 0 aliphatic heterocycles. The molecule has 0 fully saturated rings. The van der Waals surface area contributed by atoms with Crippen molar-refractivity contribution in [2.45, 2.75) is 26.3 Å². The molecule has 0 atom stereocenters. The normalized spacial score (nSPS) is 10.8. The van der Waals surface area contributed by atoms with E-state index in [0.29, 0.717) is 41.8 Å². The van der Waals surface area contributed by atoms with Gasteiger partial charge in [0, 0.05) is 18.7 Å². The summed E-state index contributed by atoms with van der Waals surface area (Å²) in [6.07, 6.45) is 0.948. The van der Waals surface area contributed by atoms with Crippen molar-refractivity contribution in [2.75, 3.05) is 12.3 Å². The lowest BCUT2D eigenvalue weighted by molar-refractivity contribution is -0.131. The van der Waals surface area contributed by atoms with Gasteiger partial charge in [-0.2, -0.15) is 0 Å². The first kappa shape index (κ1) is 17.7. The van der Waals surface area contributed by atoms with Crippen LogP contribution >= 0.6 is 0 Å². The summed E-state index contributed by atoms with van der Waals surface area (Å²) in [4.78, 5) is 33.7. The van der Waals surface area contributed by atoms with Crippen molar-refractivity contribution in [1.29, 1.82) is 0 Å². The number of aromatic amines is 1. The van der Waals surface area contributed by atoms with Gasteiger partial charge in [0.05, 0.1) is 17.4 Å². The number of carbonyl (C=O) groups excluding carboxylic acids is 1. The molecule has 0 bridgehead atoms. The van der Waals surface area contributed by atoms with E-state index in [9.17, 15) is 9.59 Å². The largest absolute Gasteiger partial charge is 0.399 e. The second kappa shape index (κ2) is 7.82. The average molecular weight is 350 g/mol. The molecule has 3 N–H and O–H groups in total. The van der Waals surface area contributed by atoms with Gasteiger partial charge in [-0.1, -0.05) is 30.3 Å². The highest BCUT2D eigenvalue weighted by atomic mass is 16.2. The van der Waals surface area contributed by atoms with E-state index in [1.165, 1.54) is 0 Å². The van der Waals surface area contributed by atoms with Gasteiger partial charge in [-0.25, -0.2) is 4.98 Å². The van der Waals surface area contributed by atoms with Crippen molar-refractivity contribution in [3.63, 3.8) is 0 Å². The van der Waals surface area contributed by atoms with Crippen LogP contribution < -0.4 is 11.3 Å². The molecule has 0 aliphatic rings. The van der Waals surface area contributed by atoms with Gasteiger partial charge in [0.15, 0.2) is 0 Å². The van der Waals surface area contributed by atoms with Crippen LogP contribution in [0.25, 0.3) is 10.9 Å². The summed E-state index contributed by atoms with van der Waals surface area (Å²) in [7, 11) is 0. The Labute approximate surface area is 151 Å². The summed E-state index contributed by atoms with van der Waals surface area (Å²) in [5.41, 5.74) is 8.04. The highest BCUT2D eigenvalue weighted by molar-refractivity contribution is 5.78. The number of anilines is 1. The van der Waals surface area contributed by atoms with Crippen LogP contribution in [0.1, 0.15) is 24.7 Å². The first-order valence-corrected chi connectivity index (χ1v) is 8.67. The Bertz CT molecular complexity index is 981. The quantitative estimate of drug-likeness (QED) is 0.668. The predicted octanol–water partition coefficient (Wildman–Crippen LogP) is 2.49. The summed E-state index contributed by atoms with van der Waals surface area (Å²) < 4.78 is 0. The van der Waals surface area contributed by atoms with Gasteiger partial charge < -0.3 is 15.6 Å². The van der Waals surface area contributed by atoms with Gasteiger partial charge in [-0.3, -0.25) is 9.59 Å². The van der Waals surface area contributed by atoms with Crippen LogP contribution in [0.15, 0.2) is 53.3 Å². The number of hydrogen-bond acceptors (Lipinski definition) is 4. The van der Waals surface area contributed by atoms with E-state index in [2.05, 4.69) is 9.97 Å². The Morgan fingerprint density at radius 3 is 2.65 bits per heavy atom. The second-order valence-corrected chi connectivity index (χ2v) is 6.14. The second-order valence-electron chi connectivity index (χ2n) is 6.14. The molecule has 1 heterocycles. The summed E-state index contributed by atoms with van der Waals surface area (Å²) in [5, 5.41) is 0.546. The minimum atomic E-state index is -0.189. The van der Waals surface area contributed by atoms with Crippen LogP contribution in [0.3, 0.4) is 0 Å². The maximum Gasteiger partial charge on any atom is 0.258 e. The topological polar surface area (TPSA) is 92.1 Å². The van der Waals surface area contributed by atoms with Crippen LogP contribution in [0, 0.1) is 0 Å². The maximum atomic E-state index is 12.6. The number of nitrogens with two attached hydrogens (primary N) is 1. The molecule has 0 saturated carbocycles. The van der Waals surface area contributed by atoms with Crippen molar-refractivity contribution in [3.8, 4) is 0 Å². The third-order valence-electron chi connectivity index (χ3n) is 4.40. The Balaban J connectivity index is 1.72. The number of benzene rings is 2. The van der Waals surface area contributed by atoms with Crippen LogP contribution in [-0.2, 0) is 17.8 Å². The van der Waals surface area contributed by atoms with E-state index in [-0.39, 0.29) is 18.0 Å². The Morgan fingerprint density at radius 1 is 1.15 bits per heavy atom. The maximum absolute atomic E-state index is 12.6. The number of carbonyl (C=O) groups is 1. The van der Waals surface area contributed by atoms with Crippen LogP contribution in [0.5, 0.6) is 0 Å². The molecule has 6 heteroatoms. The Morgan fingerprint density at radius 2 is 1.88 bits per heavy atom. The lowest BCUT2D eigenvalue weighted by atomic mass is 10.1. The number of nitrogens with one attached hydrogen (secondary N) is 1. The number of rotatable bonds is 6. The van der Waals surface area contributed by atoms with Gasteiger partial charge in [0.2, 0.25) is 5.91 Å². The van der Waals surface area contributed by atoms with E-state index >= 15 is 0 Å². The first-order valence-electron chi connectivity index (χ1n) is 8.67. The average Bonchev–Trinajstić information content (AvgIpc) is 2.65. The fraction of sp³-hybridized carbons (Fsp3) is 0.250. The number of nitrogen functional groups attached to an aromatic ring is 1. The van der Waals surface area contributed by atoms with Gasteiger partial charge in [0.25, 0.3) is 5.56 Å². The molecule has 3 aromatic rings. The van der Waals surface area contributed by atoms with Gasteiger partial charge >= 0.3 is 0 Å². The smallest absolute Gasteiger partial charge is 0.258 e. The van der Waals surface area contributed by atoms with Gasteiger partial charge in [-0.15, -0.1) is 0 Å². The van der Waals surface area contributed by atoms with E-state index in [1.54, 1.807) is 23.1 Å². The minimum absolute atomic E-state index is 0.00607. The molecule has 0 spiro atoms. The number of amides is 1. The number of H-pyrrole nitrogens is 1. The SMILES string of the molecule is CCN(Cc1nc2ccccc2c(=O)[nH]1)C(=O)CCc1ccccc1N. The molecule has 2 aromatic carbocycles. The molecule has 1 amide bonds. The third kappa shape index (κ3) is 3.91. The van der Waals surface area contributed by atoms with Crippen LogP contribution in [0.2, 0.25) is 0 Å². The molecule has 1 aromatic heterocycles. The monoisotopic (exact) mass is 350 g/mol. The fourth-order valence-electron chi connectivity index (χ4n) is 2.93. The van der Waals surface area contributed by atoms with Gasteiger partial charge in [-0.05, 0) is 37.1 Å². The van der Waals surface area contributed by atoms with Crippen molar-refractivity contribution < 1.29 is 4.79 Å². The van der Waals surface area contributed by atoms with Gasteiger partial charge in [0.1, 0.15) is 5.82 Å². The number of hydrogen-bond donors (Lipinski definition) is 2. The number of aryl methyl sites for hydroxylation is 1. The number of nitrogens with zero attached hydrogens (tertiary/aromatic N) is 2. The highest BCUT2D eigenvalue weighted by Gasteiger charge is 2.15. The lowest BCUT2D eigenvalue weighted by Gasteiger charge is -2.20. The molecular weight excluding hydrogens is 328 g/mol. The van der Waals surface area contributed by atoms with Crippen molar-refractivity contribution >= 4 is 22.5 Å². The number of aromatic nitrogens is 2. The predicted molar refractivity (Wildman–Crippen MR) is 103 cm³/mol. The van der Waals surface area contributed by atoms with E-state index in [1.807, 2.05) is 37.3 Å². The highest BCUT2D eigenvalue weighted by Crippen LogP contribution is 2.14. The molecular formula is C20H22N4O2. The van der Waals surface area contributed by atoms with Crippen molar-refractivity contribution in [1.82, 2.24) is 14.9 Å². The molecule has 26 heavy (non-hydrogen) atoms. The van der Waals surface area contributed by atoms with Crippen LogP contribution in [-0.4, -0.2) is 27.3 Å². The zero-order valence-corrected chi connectivity index (χ0v) is 14.7. The minimum Gasteiger partial charge on any atom is -0.399 e. The summed E-state index contributed by atoms with van der Waals surface area (Å²) >= 11 is 0. The number of fused-ring (bicyclic) bond motifs is 1. The standard InChI is InChI=1S/C20H22N4O2/c1-2-24(19(25)12-11-14-7-3-5-9-16(14)21)13-18-22-17-10-6-4-8-15(17)20(26)23-18/h3-10H,2,11-13,21H2,1H3,(H,22,23,26). The van der Waals surface area contributed by atoms with Crippen molar-refractivity contribution in [3.05, 3.63) is 70.3 Å². The molecule has 0 aliphatic carbocycles. The molecule has 134 valence electrons. The van der Waals surface area contributed by atoms with E-state index in [0.717, 1.165) is 5.56 Å². The molecule has 6 nitrogen and oxygen atoms in total. The number of para-hydroxylation sites is 2.